The second kappa shape index (κ2) is 36.4. The van der Waals surface area contributed by atoms with Crippen LogP contribution in [0.15, 0.2) is 60.8 Å². The predicted molar refractivity (Wildman–Crippen MR) is 224 cm³/mol. The van der Waals surface area contributed by atoms with Crippen LogP contribution >= 0.6 is 7.82 Å². The molecule has 0 bridgehead atoms. The van der Waals surface area contributed by atoms with E-state index < -0.39 is 32.5 Å². The van der Waals surface area contributed by atoms with Crippen molar-refractivity contribution in [2.24, 2.45) is 0 Å². The Morgan fingerprint density at radius 2 is 1.04 bits per heavy atom. The summed E-state index contributed by atoms with van der Waals surface area (Å²) in [4.78, 5) is 35.2. The van der Waals surface area contributed by atoms with Crippen molar-refractivity contribution in [2.75, 3.05) is 47.5 Å². The van der Waals surface area contributed by atoms with Gasteiger partial charge < -0.3 is 18.9 Å². The van der Waals surface area contributed by atoms with Gasteiger partial charge in [0.1, 0.15) is 19.8 Å². The van der Waals surface area contributed by atoms with Crippen molar-refractivity contribution >= 4 is 19.8 Å². The second-order valence-electron chi connectivity index (χ2n) is 15.0. The third-order valence-corrected chi connectivity index (χ3v) is 9.58. The van der Waals surface area contributed by atoms with E-state index in [2.05, 4.69) is 56.4 Å². The fourth-order valence-corrected chi connectivity index (χ4v) is 6.07. The van der Waals surface area contributed by atoms with Gasteiger partial charge in [-0.25, -0.2) is 4.57 Å². The molecule has 0 saturated heterocycles. The molecule has 2 unspecified atom stereocenters. The summed E-state index contributed by atoms with van der Waals surface area (Å²) < 4.78 is 34.1. The summed E-state index contributed by atoms with van der Waals surface area (Å²) in [6.07, 6.45) is 43.0. The van der Waals surface area contributed by atoms with Crippen LogP contribution in [0.5, 0.6) is 0 Å². The normalized spacial score (nSPS) is 14.3. The molecule has 0 amide bonds. The molecular formula is C44H79NO8P+. The maximum atomic E-state index is 12.6. The number of carbonyl (C=O) groups is 2. The number of rotatable bonds is 37. The van der Waals surface area contributed by atoms with Gasteiger partial charge in [0.2, 0.25) is 0 Å². The van der Waals surface area contributed by atoms with Crippen LogP contribution in [0.2, 0.25) is 0 Å². The minimum absolute atomic E-state index is 0.00782. The van der Waals surface area contributed by atoms with Gasteiger partial charge in [0.15, 0.2) is 6.10 Å². The van der Waals surface area contributed by atoms with Crippen LogP contribution in [-0.4, -0.2) is 74.9 Å². The summed E-state index contributed by atoms with van der Waals surface area (Å²) in [5, 5.41) is 0. The second-order valence-corrected chi connectivity index (χ2v) is 16.5. The lowest BCUT2D eigenvalue weighted by atomic mass is 10.0. The SMILES string of the molecule is CC/C=C\C/C=C\C/C=C\C/C=C\C/C=C\CC(=O)OC(COC(=O)CCCCCCCCCCCCCCCCC)COP(=O)(O)OCC[N+](C)(C)C. The summed E-state index contributed by atoms with van der Waals surface area (Å²) in [5.41, 5.74) is 0. The molecule has 0 aliphatic rings. The lowest BCUT2D eigenvalue weighted by Crippen LogP contribution is -2.37. The van der Waals surface area contributed by atoms with E-state index >= 15 is 0 Å². The smallest absolute Gasteiger partial charge is 0.462 e. The van der Waals surface area contributed by atoms with Gasteiger partial charge in [-0.2, -0.15) is 0 Å². The van der Waals surface area contributed by atoms with Crippen LogP contribution in [0.25, 0.3) is 0 Å². The van der Waals surface area contributed by atoms with Crippen LogP contribution < -0.4 is 0 Å². The number of allylic oxidation sites excluding steroid dienone is 9. The average molecular weight is 781 g/mol. The Kier molecular flexibility index (Phi) is 34.8. The first-order valence-corrected chi connectivity index (χ1v) is 22.5. The third-order valence-electron chi connectivity index (χ3n) is 8.60. The van der Waals surface area contributed by atoms with Crippen LogP contribution in [0.4, 0.5) is 0 Å². The molecule has 10 heteroatoms. The zero-order valence-electron chi connectivity index (χ0n) is 34.9. The fraction of sp³-hybridized carbons (Fsp3) is 0.727. The van der Waals surface area contributed by atoms with Crippen molar-refractivity contribution < 1.29 is 42.1 Å². The minimum atomic E-state index is -4.40. The number of phosphoric ester groups is 1. The van der Waals surface area contributed by atoms with Crippen molar-refractivity contribution in [1.82, 2.24) is 0 Å². The molecule has 312 valence electrons. The van der Waals surface area contributed by atoms with Crippen LogP contribution in [0.1, 0.15) is 155 Å². The van der Waals surface area contributed by atoms with E-state index in [-0.39, 0.29) is 26.1 Å². The van der Waals surface area contributed by atoms with Gasteiger partial charge in [-0.15, -0.1) is 0 Å². The Balaban J connectivity index is 4.51. The lowest BCUT2D eigenvalue weighted by Gasteiger charge is -2.24. The zero-order chi connectivity index (χ0) is 40.0. The van der Waals surface area contributed by atoms with Crippen molar-refractivity contribution in [3.05, 3.63) is 60.8 Å². The Labute approximate surface area is 330 Å². The molecule has 0 aromatic carbocycles. The first-order valence-electron chi connectivity index (χ1n) is 21.0. The van der Waals surface area contributed by atoms with E-state index in [0.29, 0.717) is 17.4 Å². The Hall–Kier alpha value is -2.29. The van der Waals surface area contributed by atoms with Crippen molar-refractivity contribution in [1.29, 1.82) is 0 Å². The highest BCUT2D eigenvalue weighted by Gasteiger charge is 2.26. The first-order chi connectivity index (χ1) is 26.0. The molecule has 0 aromatic heterocycles. The summed E-state index contributed by atoms with van der Waals surface area (Å²) in [6.45, 7) is 4.18. The van der Waals surface area contributed by atoms with Crippen molar-refractivity contribution in [3.63, 3.8) is 0 Å². The fourth-order valence-electron chi connectivity index (χ4n) is 5.32. The highest BCUT2D eigenvalue weighted by atomic mass is 31.2. The molecule has 54 heavy (non-hydrogen) atoms. The number of hydrogen-bond donors (Lipinski definition) is 1. The van der Waals surface area contributed by atoms with E-state index in [4.69, 9.17) is 18.5 Å². The number of unbranched alkanes of at least 4 members (excludes halogenated alkanes) is 14. The van der Waals surface area contributed by atoms with E-state index in [0.717, 1.165) is 44.9 Å². The highest BCUT2D eigenvalue weighted by molar-refractivity contribution is 7.47. The van der Waals surface area contributed by atoms with E-state index in [1.165, 1.54) is 77.0 Å². The first kappa shape index (κ1) is 51.7. The molecule has 0 radical (unpaired) electrons. The quantitative estimate of drug-likeness (QED) is 0.0218. The molecule has 0 rings (SSSR count). The van der Waals surface area contributed by atoms with Gasteiger partial charge in [0.05, 0.1) is 34.2 Å². The van der Waals surface area contributed by atoms with Crippen molar-refractivity contribution in [2.45, 2.75) is 161 Å². The largest absolute Gasteiger partial charge is 0.472 e. The molecule has 2 atom stereocenters. The maximum absolute atomic E-state index is 12.6. The molecule has 0 heterocycles. The summed E-state index contributed by atoms with van der Waals surface area (Å²) in [6, 6.07) is 0. The number of nitrogens with zero attached hydrogens (tertiary/aromatic N) is 1. The molecule has 0 spiro atoms. The Bertz CT molecular complexity index is 1110. The van der Waals surface area contributed by atoms with Gasteiger partial charge in [0, 0.05) is 6.42 Å². The highest BCUT2D eigenvalue weighted by Crippen LogP contribution is 2.43. The zero-order valence-corrected chi connectivity index (χ0v) is 35.8. The van der Waals surface area contributed by atoms with Gasteiger partial charge in [-0.3, -0.25) is 18.6 Å². The van der Waals surface area contributed by atoms with Gasteiger partial charge in [-0.1, -0.05) is 164 Å². The van der Waals surface area contributed by atoms with Gasteiger partial charge >= 0.3 is 19.8 Å². The third kappa shape index (κ3) is 39.4. The topological polar surface area (TPSA) is 108 Å². The molecule has 0 saturated carbocycles. The van der Waals surface area contributed by atoms with E-state index in [1.807, 2.05) is 33.3 Å². The Morgan fingerprint density at radius 1 is 0.593 bits per heavy atom. The lowest BCUT2D eigenvalue weighted by molar-refractivity contribution is -0.870. The number of carbonyl (C=O) groups excluding carboxylic acids is 2. The van der Waals surface area contributed by atoms with Gasteiger partial charge in [-0.05, 0) is 38.5 Å². The maximum Gasteiger partial charge on any atom is 0.472 e. The summed E-state index contributed by atoms with van der Waals surface area (Å²) in [7, 11) is 1.42. The number of phosphoric acid groups is 1. The van der Waals surface area contributed by atoms with Crippen LogP contribution in [0.3, 0.4) is 0 Å². The van der Waals surface area contributed by atoms with Crippen LogP contribution in [0, 0.1) is 0 Å². The molecule has 0 fully saturated rings. The summed E-state index contributed by atoms with van der Waals surface area (Å²) in [5.74, 6) is -0.947. The molecule has 0 aromatic rings. The number of ether oxygens (including phenoxy) is 2. The molecule has 0 aliphatic carbocycles. The minimum Gasteiger partial charge on any atom is -0.462 e. The van der Waals surface area contributed by atoms with Crippen molar-refractivity contribution in [3.8, 4) is 0 Å². The van der Waals surface area contributed by atoms with E-state index in [9.17, 15) is 19.0 Å². The monoisotopic (exact) mass is 781 g/mol. The van der Waals surface area contributed by atoms with Gasteiger partial charge in [0.25, 0.3) is 0 Å². The number of likely N-dealkylation sites (N-methyl/N-ethyl adjacent to an activating group) is 1. The molecule has 0 aliphatic heterocycles. The van der Waals surface area contributed by atoms with Crippen LogP contribution in [-0.2, 0) is 32.7 Å². The molecule has 1 N–H and O–H groups in total. The molecule has 9 nitrogen and oxygen atoms in total. The Morgan fingerprint density at radius 3 is 1.50 bits per heavy atom. The summed E-state index contributed by atoms with van der Waals surface area (Å²) >= 11 is 0. The van der Waals surface area contributed by atoms with E-state index in [1.54, 1.807) is 6.08 Å². The molecular weight excluding hydrogens is 701 g/mol. The number of esters is 2. The number of quaternary nitrogens is 1. The standard InChI is InChI=1S/C44H78NO8P/c1-6-8-10-12-14-16-18-20-22-24-26-28-30-32-34-36-43(46)50-40-42(41-52-54(48,49)51-39-38-45(3,4)5)53-44(47)37-35-33-31-29-27-25-23-21-19-17-15-13-11-9-7-2/h9,11,15,17,21,23,27,29,33,35,42H,6-8,10,12-14,16,18-20,22,24-26,28,30-32,34,36-41H2,1-5H3/p+1/b11-9-,17-15-,23-21-,29-27-,35-33-. The predicted octanol–water partition coefficient (Wildman–Crippen LogP) is 11.7. The number of hydrogen-bond acceptors (Lipinski definition) is 7. The average Bonchev–Trinajstić information content (AvgIpc) is 3.12.